The summed E-state index contributed by atoms with van der Waals surface area (Å²) in [6, 6.07) is 16.2. The number of carboxylic acids is 1. The molecule has 2 aromatic carbocycles. The summed E-state index contributed by atoms with van der Waals surface area (Å²) >= 11 is 0. The van der Waals surface area contributed by atoms with Gasteiger partial charge in [-0.2, -0.15) is 0 Å². The van der Waals surface area contributed by atoms with Crippen LogP contribution in [0.3, 0.4) is 0 Å². The predicted molar refractivity (Wildman–Crippen MR) is 122 cm³/mol. The van der Waals surface area contributed by atoms with Gasteiger partial charge in [0.15, 0.2) is 0 Å². The van der Waals surface area contributed by atoms with Crippen molar-refractivity contribution in [1.29, 1.82) is 0 Å². The lowest BCUT2D eigenvalue weighted by Gasteiger charge is -2.39. The van der Waals surface area contributed by atoms with E-state index >= 15 is 0 Å². The molecule has 0 bridgehead atoms. The summed E-state index contributed by atoms with van der Waals surface area (Å²) in [5, 5.41) is 11.3. The highest BCUT2D eigenvalue weighted by molar-refractivity contribution is 5.79. The predicted octanol–water partition coefficient (Wildman–Crippen LogP) is 2.24. The van der Waals surface area contributed by atoms with Gasteiger partial charge in [-0.15, -0.1) is 0 Å². The maximum absolute atomic E-state index is 12.4. The van der Waals surface area contributed by atoms with Gasteiger partial charge in [0.2, 0.25) is 5.91 Å². The van der Waals surface area contributed by atoms with Gasteiger partial charge in [-0.25, -0.2) is 9.59 Å². The fourth-order valence-corrected chi connectivity index (χ4v) is 4.35. The number of amides is 2. The van der Waals surface area contributed by atoms with E-state index in [4.69, 9.17) is 19.3 Å². The van der Waals surface area contributed by atoms with E-state index < -0.39 is 18.2 Å². The average Bonchev–Trinajstić information content (AvgIpc) is 3.13. The number of likely N-dealkylation sites (tertiary alicyclic amines) is 1. The summed E-state index contributed by atoms with van der Waals surface area (Å²) in [5.41, 5.74) is 4.59. The van der Waals surface area contributed by atoms with Crippen molar-refractivity contribution in [3.8, 4) is 11.1 Å². The number of aliphatic carboxylic acids is 1. The van der Waals surface area contributed by atoms with E-state index in [0.29, 0.717) is 13.1 Å². The van der Waals surface area contributed by atoms with Crippen LogP contribution in [0.15, 0.2) is 48.5 Å². The number of hydrogen-bond acceptors (Lipinski definition) is 6. The van der Waals surface area contributed by atoms with Gasteiger partial charge in [0.1, 0.15) is 13.2 Å². The number of carboxylic acid groups (broad SMARTS) is 1. The van der Waals surface area contributed by atoms with Gasteiger partial charge >= 0.3 is 12.1 Å². The minimum Gasteiger partial charge on any atom is -0.480 e. The van der Waals surface area contributed by atoms with Crippen LogP contribution in [0.4, 0.5) is 4.79 Å². The minimum absolute atomic E-state index is 0.0272. The number of benzene rings is 2. The largest absolute Gasteiger partial charge is 0.480 e. The molecule has 4 rings (SSSR count). The number of methoxy groups -OCH3 is 1. The van der Waals surface area contributed by atoms with Crippen LogP contribution < -0.4 is 5.32 Å². The van der Waals surface area contributed by atoms with E-state index in [1.807, 2.05) is 24.3 Å². The molecule has 180 valence electrons. The fourth-order valence-electron chi connectivity index (χ4n) is 4.35. The Morgan fingerprint density at radius 3 is 2.26 bits per heavy atom. The van der Waals surface area contributed by atoms with Gasteiger partial charge in [0.25, 0.3) is 0 Å². The van der Waals surface area contributed by atoms with Crippen LogP contribution in [-0.2, 0) is 23.8 Å². The Balaban J connectivity index is 1.22. The van der Waals surface area contributed by atoms with Crippen molar-refractivity contribution in [2.75, 3.05) is 40.0 Å². The number of alkyl carbamates (subject to hydrolysis) is 1. The van der Waals surface area contributed by atoms with Gasteiger partial charge < -0.3 is 29.5 Å². The first kappa shape index (κ1) is 23.7. The van der Waals surface area contributed by atoms with E-state index in [-0.39, 0.29) is 44.1 Å². The minimum atomic E-state index is -1.04. The van der Waals surface area contributed by atoms with Crippen LogP contribution in [0.5, 0.6) is 0 Å². The zero-order chi connectivity index (χ0) is 24.1. The highest BCUT2D eigenvalue weighted by Gasteiger charge is 2.33. The highest BCUT2D eigenvalue weighted by atomic mass is 16.5. The first-order valence-corrected chi connectivity index (χ1v) is 11.2. The molecule has 0 saturated carbocycles. The standard InChI is InChI=1S/C25H28N2O7/c1-32-16(10-23(28)27-12-17(13-27)33-15-24(29)30)11-26-25(31)34-14-22-20-8-4-2-6-18(20)19-7-3-5-9-21(19)22/h2-9,16-17,22H,10-15H2,1H3,(H,26,31)(H,29,30). The second-order valence-corrected chi connectivity index (χ2v) is 8.39. The van der Waals surface area contributed by atoms with Crippen molar-refractivity contribution in [3.63, 3.8) is 0 Å². The molecule has 1 aliphatic heterocycles. The van der Waals surface area contributed by atoms with E-state index in [2.05, 4.69) is 29.6 Å². The maximum Gasteiger partial charge on any atom is 0.407 e. The number of nitrogens with zero attached hydrogens (tertiary/aromatic N) is 1. The molecule has 0 aromatic heterocycles. The lowest BCUT2D eigenvalue weighted by molar-refractivity contribution is -0.155. The second-order valence-electron chi connectivity index (χ2n) is 8.39. The average molecular weight is 469 g/mol. The molecule has 2 N–H and O–H groups in total. The molecule has 2 aromatic rings. The van der Waals surface area contributed by atoms with Crippen LogP contribution in [-0.4, -0.2) is 80.1 Å². The van der Waals surface area contributed by atoms with Crippen molar-refractivity contribution in [1.82, 2.24) is 10.2 Å². The number of carbonyl (C=O) groups is 3. The maximum atomic E-state index is 12.4. The zero-order valence-electron chi connectivity index (χ0n) is 18.9. The van der Waals surface area contributed by atoms with Crippen molar-refractivity contribution in [2.45, 2.75) is 24.5 Å². The Kier molecular flexibility index (Phi) is 7.44. The van der Waals surface area contributed by atoms with E-state index in [1.54, 1.807) is 4.90 Å². The molecule has 9 nitrogen and oxygen atoms in total. The summed E-state index contributed by atoms with van der Waals surface area (Å²) in [4.78, 5) is 36.8. The number of rotatable bonds is 10. The topological polar surface area (TPSA) is 114 Å². The molecular formula is C25H28N2O7. The van der Waals surface area contributed by atoms with E-state index in [9.17, 15) is 14.4 Å². The van der Waals surface area contributed by atoms with Crippen LogP contribution >= 0.6 is 0 Å². The Morgan fingerprint density at radius 2 is 1.68 bits per heavy atom. The molecule has 1 heterocycles. The molecule has 2 aliphatic rings. The summed E-state index contributed by atoms with van der Waals surface area (Å²) < 4.78 is 16.0. The first-order chi connectivity index (χ1) is 16.5. The van der Waals surface area contributed by atoms with Gasteiger partial charge in [-0.1, -0.05) is 48.5 Å². The van der Waals surface area contributed by atoms with E-state index in [0.717, 1.165) is 22.3 Å². The van der Waals surface area contributed by atoms with Gasteiger partial charge in [0.05, 0.1) is 18.6 Å². The fraction of sp³-hybridized carbons (Fsp3) is 0.400. The Morgan fingerprint density at radius 1 is 1.06 bits per heavy atom. The Labute approximate surface area is 197 Å². The summed E-state index contributed by atoms with van der Waals surface area (Å²) in [6.07, 6.45) is -1.25. The summed E-state index contributed by atoms with van der Waals surface area (Å²) in [5.74, 6) is -1.21. The molecule has 1 atom stereocenters. The van der Waals surface area contributed by atoms with Crippen molar-refractivity contribution < 1.29 is 33.7 Å². The lowest BCUT2D eigenvalue weighted by Crippen LogP contribution is -2.56. The molecule has 0 radical (unpaired) electrons. The number of nitrogens with one attached hydrogen (secondary N) is 1. The first-order valence-electron chi connectivity index (χ1n) is 11.2. The number of carbonyl (C=O) groups excluding carboxylic acids is 2. The molecule has 2 amide bonds. The second kappa shape index (κ2) is 10.7. The SMILES string of the molecule is COC(CNC(=O)OCC1c2ccccc2-c2ccccc21)CC(=O)N1CC(OCC(=O)O)C1. The van der Waals surface area contributed by atoms with Crippen molar-refractivity contribution in [2.24, 2.45) is 0 Å². The van der Waals surface area contributed by atoms with Crippen LogP contribution in [0, 0.1) is 0 Å². The third-order valence-corrected chi connectivity index (χ3v) is 6.20. The van der Waals surface area contributed by atoms with Crippen LogP contribution in [0.2, 0.25) is 0 Å². The molecule has 1 aliphatic carbocycles. The number of hydrogen-bond donors (Lipinski definition) is 2. The molecular weight excluding hydrogens is 440 g/mol. The number of ether oxygens (including phenoxy) is 3. The van der Waals surface area contributed by atoms with Gasteiger partial charge in [-0.05, 0) is 22.3 Å². The molecule has 9 heteroatoms. The third-order valence-electron chi connectivity index (χ3n) is 6.20. The molecule has 34 heavy (non-hydrogen) atoms. The third kappa shape index (κ3) is 5.37. The van der Waals surface area contributed by atoms with Crippen LogP contribution in [0.25, 0.3) is 11.1 Å². The van der Waals surface area contributed by atoms with Crippen molar-refractivity contribution in [3.05, 3.63) is 59.7 Å². The van der Waals surface area contributed by atoms with Gasteiger partial charge in [-0.3, -0.25) is 4.79 Å². The van der Waals surface area contributed by atoms with Crippen molar-refractivity contribution >= 4 is 18.0 Å². The quantitative estimate of drug-likeness (QED) is 0.550. The summed E-state index contributed by atoms with van der Waals surface area (Å²) in [7, 11) is 1.48. The monoisotopic (exact) mass is 468 g/mol. The number of fused-ring (bicyclic) bond motifs is 3. The Bertz CT molecular complexity index is 1010. The molecule has 1 unspecified atom stereocenters. The molecule has 0 spiro atoms. The molecule has 1 saturated heterocycles. The summed E-state index contributed by atoms with van der Waals surface area (Å²) in [6.45, 7) is 0.663. The van der Waals surface area contributed by atoms with Gasteiger partial charge in [0, 0.05) is 32.7 Å². The smallest absolute Gasteiger partial charge is 0.407 e. The Hall–Kier alpha value is -3.43. The van der Waals surface area contributed by atoms with Crippen LogP contribution in [0.1, 0.15) is 23.5 Å². The normalized spacial score (nSPS) is 15.7. The van der Waals surface area contributed by atoms with E-state index in [1.165, 1.54) is 7.11 Å². The zero-order valence-corrected chi connectivity index (χ0v) is 18.9. The lowest BCUT2D eigenvalue weighted by atomic mass is 9.98. The molecule has 1 fully saturated rings. The highest BCUT2D eigenvalue weighted by Crippen LogP contribution is 2.44.